The highest BCUT2D eigenvalue weighted by Crippen LogP contribution is 2.27. The van der Waals surface area contributed by atoms with E-state index < -0.39 is 0 Å². The standard InChI is InChI=1S/C19H28N2O5/c1-13(2)12-26-19(23)21-9-7-15(8-10-21)20-18(22)14-5-6-16(24-3)17(11-14)25-4/h5-6,11,13,15H,7-10,12H2,1-4H3,(H,20,22). The fourth-order valence-electron chi connectivity index (χ4n) is 2.78. The largest absolute Gasteiger partial charge is 0.493 e. The maximum absolute atomic E-state index is 12.5. The van der Waals surface area contributed by atoms with Crippen LogP contribution in [0.5, 0.6) is 11.5 Å². The maximum atomic E-state index is 12.5. The SMILES string of the molecule is COc1ccc(C(=O)NC2CCN(C(=O)OCC(C)C)CC2)cc1OC. The van der Waals surface area contributed by atoms with E-state index in [4.69, 9.17) is 14.2 Å². The molecule has 0 spiro atoms. The third-order valence-corrected chi connectivity index (χ3v) is 4.27. The van der Waals surface area contributed by atoms with Gasteiger partial charge >= 0.3 is 6.09 Å². The van der Waals surface area contributed by atoms with Gasteiger partial charge in [0.2, 0.25) is 0 Å². The molecule has 0 saturated carbocycles. The van der Waals surface area contributed by atoms with Crippen LogP contribution in [0.3, 0.4) is 0 Å². The molecular formula is C19H28N2O5. The second-order valence-corrected chi connectivity index (χ2v) is 6.78. The lowest BCUT2D eigenvalue weighted by Crippen LogP contribution is -2.46. The first-order chi connectivity index (χ1) is 12.4. The lowest BCUT2D eigenvalue weighted by Gasteiger charge is -2.31. The average molecular weight is 364 g/mol. The second kappa shape index (κ2) is 9.31. The van der Waals surface area contributed by atoms with Gasteiger partial charge in [-0.15, -0.1) is 0 Å². The van der Waals surface area contributed by atoms with Crippen molar-refractivity contribution in [2.75, 3.05) is 33.9 Å². The summed E-state index contributed by atoms with van der Waals surface area (Å²) < 4.78 is 15.7. The van der Waals surface area contributed by atoms with Gasteiger partial charge < -0.3 is 24.4 Å². The molecule has 1 heterocycles. The van der Waals surface area contributed by atoms with Crippen LogP contribution in [0.4, 0.5) is 4.79 Å². The van der Waals surface area contributed by atoms with Crippen LogP contribution in [0.25, 0.3) is 0 Å². The van der Waals surface area contributed by atoms with E-state index in [0.717, 1.165) is 0 Å². The summed E-state index contributed by atoms with van der Waals surface area (Å²) in [7, 11) is 3.09. The number of carbonyl (C=O) groups excluding carboxylic acids is 2. The zero-order chi connectivity index (χ0) is 19.1. The van der Waals surface area contributed by atoms with Crippen molar-refractivity contribution < 1.29 is 23.8 Å². The van der Waals surface area contributed by atoms with Gasteiger partial charge in [0, 0.05) is 24.7 Å². The zero-order valence-corrected chi connectivity index (χ0v) is 15.9. The number of methoxy groups -OCH3 is 2. The van der Waals surface area contributed by atoms with Gasteiger partial charge in [-0.25, -0.2) is 4.79 Å². The quantitative estimate of drug-likeness (QED) is 0.840. The normalized spacial score (nSPS) is 14.9. The molecule has 1 aliphatic heterocycles. The highest BCUT2D eigenvalue weighted by molar-refractivity contribution is 5.95. The van der Waals surface area contributed by atoms with Gasteiger partial charge in [0.05, 0.1) is 20.8 Å². The number of hydrogen-bond acceptors (Lipinski definition) is 5. The van der Waals surface area contributed by atoms with Gasteiger partial charge in [0.15, 0.2) is 11.5 Å². The number of benzene rings is 1. The van der Waals surface area contributed by atoms with Crippen molar-refractivity contribution in [2.45, 2.75) is 32.7 Å². The lowest BCUT2D eigenvalue weighted by atomic mass is 10.0. The molecule has 0 aliphatic carbocycles. The van der Waals surface area contributed by atoms with Crippen LogP contribution in [0.2, 0.25) is 0 Å². The van der Waals surface area contributed by atoms with Crippen molar-refractivity contribution in [2.24, 2.45) is 5.92 Å². The molecule has 0 atom stereocenters. The lowest BCUT2D eigenvalue weighted by molar-refractivity contribution is 0.0785. The second-order valence-electron chi connectivity index (χ2n) is 6.78. The van der Waals surface area contributed by atoms with Gasteiger partial charge in [-0.05, 0) is 37.0 Å². The first-order valence-electron chi connectivity index (χ1n) is 8.89. The summed E-state index contributed by atoms with van der Waals surface area (Å²) in [6, 6.07) is 5.10. The number of piperidine rings is 1. The summed E-state index contributed by atoms with van der Waals surface area (Å²) in [4.78, 5) is 26.1. The van der Waals surface area contributed by atoms with Gasteiger partial charge in [0.25, 0.3) is 5.91 Å². The topological polar surface area (TPSA) is 77.1 Å². The number of ether oxygens (including phenoxy) is 3. The molecule has 0 unspecified atom stereocenters. The molecule has 1 saturated heterocycles. The molecule has 1 fully saturated rings. The minimum absolute atomic E-state index is 0.0322. The van der Waals surface area contributed by atoms with Crippen LogP contribution < -0.4 is 14.8 Å². The van der Waals surface area contributed by atoms with Gasteiger partial charge in [-0.3, -0.25) is 4.79 Å². The van der Waals surface area contributed by atoms with Crippen molar-refractivity contribution in [1.29, 1.82) is 0 Å². The Bertz CT molecular complexity index is 624. The number of amides is 2. The highest BCUT2D eigenvalue weighted by atomic mass is 16.6. The molecule has 7 heteroatoms. The predicted molar refractivity (Wildman–Crippen MR) is 97.8 cm³/mol. The molecule has 1 aromatic carbocycles. The molecule has 0 radical (unpaired) electrons. The van der Waals surface area contributed by atoms with E-state index in [9.17, 15) is 9.59 Å². The summed E-state index contributed by atoms with van der Waals surface area (Å²) in [5, 5.41) is 3.02. The number of nitrogens with zero attached hydrogens (tertiary/aromatic N) is 1. The molecule has 1 N–H and O–H groups in total. The minimum atomic E-state index is -0.275. The smallest absolute Gasteiger partial charge is 0.409 e. The Labute approximate surface area is 154 Å². The molecule has 0 bridgehead atoms. The van der Waals surface area contributed by atoms with Gasteiger partial charge in [-0.1, -0.05) is 13.8 Å². The van der Waals surface area contributed by atoms with Crippen molar-refractivity contribution in [3.63, 3.8) is 0 Å². The Hall–Kier alpha value is -2.44. The summed E-state index contributed by atoms with van der Waals surface area (Å²) in [6.07, 6.45) is 1.13. The number of carbonyl (C=O) groups is 2. The van der Waals surface area contributed by atoms with E-state index in [-0.39, 0.29) is 18.0 Å². The molecule has 1 aromatic rings. The predicted octanol–water partition coefficient (Wildman–Crippen LogP) is 2.69. The van der Waals surface area contributed by atoms with Crippen molar-refractivity contribution in [3.8, 4) is 11.5 Å². The third kappa shape index (κ3) is 5.28. The Morgan fingerprint density at radius 2 is 1.81 bits per heavy atom. The third-order valence-electron chi connectivity index (χ3n) is 4.27. The Balaban J connectivity index is 1.85. The first-order valence-corrected chi connectivity index (χ1v) is 8.89. The molecule has 7 nitrogen and oxygen atoms in total. The first kappa shape index (κ1) is 19.9. The van der Waals surface area contributed by atoms with Crippen LogP contribution in [0.15, 0.2) is 18.2 Å². The minimum Gasteiger partial charge on any atom is -0.493 e. The highest BCUT2D eigenvalue weighted by Gasteiger charge is 2.25. The molecule has 0 aromatic heterocycles. The van der Waals surface area contributed by atoms with Crippen molar-refractivity contribution in [3.05, 3.63) is 23.8 Å². The number of hydrogen-bond donors (Lipinski definition) is 1. The molecule has 2 rings (SSSR count). The zero-order valence-electron chi connectivity index (χ0n) is 15.9. The Kier molecular flexibility index (Phi) is 7.12. The van der Waals surface area contributed by atoms with Crippen LogP contribution in [-0.2, 0) is 4.74 Å². The number of rotatable bonds is 6. The van der Waals surface area contributed by atoms with Crippen molar-refractivity contribution in [1.82, 2.24) is 10.2 Å². The van der Waals surface area contributed by atoms with Crippen LogP contribution in [0.1, 0.15) is 37.0 Å². The summed E-state index contributed by atoms with van der Waals surface area (Å²) in [6.45, 7) is 5.59. The molecular weight excluding hydrogens is 336 g/mol. The van der Waals surface area contributed by atoms with Crippen LogP contribution >= 0.6 is 0 Å². The molecule has 144 valence electrons. The van der Waals surface area contributed by atoms with Gasteiger partial charge in [-0.2, -0.15) is 0 Å². The Morgan fingerprint density at radius 1 is 1.15 bits per heavy atom. The van der Waals surface area contributed by atoms with E-state index in [1.165, 1.54) is 7.11 Å². The van der Waals surface area contributed by atoms with Gasteiger partial charge in [0.1, 0.15) is 0 Å². The summed E-state index contributed by atoms with van der Waals surface area (Å²) in [5.41, 5.74) is 0.515. The number of likely N-dealkylation sites (tertiary alicyclic amines) is 1. The maximum Gasteiger partial charge on any atom is 0.409 e. The summed E-state index contributed by atoms with van der Waals surface area (Å²) >= 11 is 0. The van der Waals surface area contributed by atoms with Crippen LogP contribution in [0, 0.1) is 5.92 Å². The average Bonchev–Trinajstić information content (AvgIpc) is 2.65. The van der Waals surface area contributed by atoms with Crippen LogP contribution in [-0.4, -0.2) is 56.9 Å². The van der Waals surface area contributed by atoms with E-state index in [2.05, 4.69) is 5.32 Å². The molecule has 2 amide bonds. The van der Waals surface area contributed by atoms with Crippen molar-refractivity contribution >= 4 is 12.0 Å². The summed E-state index contributed by atoms with van der Waals surface area (Å²) in [5.74, 6) is 1.25. The fraction of sp³-hybridized carbons (Fsp3) is 0.579. The monoisotopic (exact) mass is 364 g/mol. The van der Waals surface area contributed by atoms with E-state index in [1.54, 1.807) is 30.2 Å². The van der Waals surface area contributed by atoms with E-state index in [1.807, 2.05) is 13.8 Å². The Morgan fingerprint density at radius 3 is 2.38 bits per heavy atom. The van der Waals surface area contributed by atoms with E-state index in [0.29, 0.717) is 55.5 Å². The molecule has 1 aliphatic rings. The van der Waals surface area contributed by atoms with E-state index >= 15 is 0 Å². The fourth-order valence-corrected chi connectivity index (χ4v) is 2.78. The molecule has 26 heavy (non-hydrogen) atoms. The number of nitrogens with one attached hydrogen (secondary N) is 1.